The smallest absolute Gasteiger partial charge is 0.279 e. The summed E-state index contributed by atoms with van der Waals surface area (Å²) < 4.78 is 0. The van der Waals surface area contributed by atoms with Gasteiger partial charge in [0.15, 0.2) is 0 Å². The number of hydrogen-bond acceptors (Lipinski definition) is 2. The zero-order chi connectivity index (χ0) is 16.1. The first-order valence-electron chi connectivity index (χ1n) is 8.87. The minimum absolute atomic E-state index is 0.0731. The third-order valence-corrected chi connectivity index (χ3v) is 7.05. The van der Waals surface area contributed by atoms with Crippen LogP contribution in [-0.4, -0.2) is 10.8 Å². The number of carbonyl (C=O) groups excluding carboxylic acids is 1. The SMILES string of the molecule is CC12CC3CC(C)(C1)CC(NC(=O)SCc1ccccc1)(C3)C2. The summed E-state index contributed by atoms with van der Waals surface area (Å²) in [6, 6.07) is 10.3. The van der Waals surface area contributed by atoms with E-state index in [0.717, 1.165) is 11.7 Å². The van der Waals surface area contributed by atoms with Crippen molar-refractivity contribution in [1.82, 2.24) is 5.32 Å². The molecule has 4 saturated carbocycles. The molecule has 0 radical (unpaired) electrons. The van der Waals surface area contributed by atoms with Gasteiger partial charge in [-0.25, -0.2) is 0 Å². The molecular formula is C20H27NOS. The quantitative estimate of drug-likeness (QED) is 0.807. The van der Waals surface area contributed by atoms with Crippen LogP contribution in [0, 0.1) is 16.7 Å². The Balaban J connectivity index is 1.43. The van der Waals surface area contributed by atoms with E-state index in [9.17, 15) is 4.79 Å². The highest BCUT2D eigenvalue weighted by Crippen LogP contribution is 2.66. The van der Waals surface area contributed by atoms with Crippen LogP contribution in [0.4, 0.5) is 4.79 Å². The van der Waals surface area contributed by atoms with Crippen molar-refractivity contribution in [1.29, 1.82) is 0 Å². The molecule has 4 aliphatic rings. The van der Waals surface area contributed by atoms with Crippen LogP contribution in [-0.2, 0) is 5.75 Å². The van der Waals surface area contributed by atoms with Gasteiger partial charge < -0.3 is 5.32 Å². The van der Waals surface area contributed by atoms with Gasteiger partial charge in [0.1, 0.15) is 0 Å². The molecule has 0 aliphatic heterocycles. The summed E-state index contributed by atoms with van der Waals surface area (Å²) >= 11 is 1.43. The van der Waals surface area contributed by atoms with E-state index in [0.29, 0.717) is 10.8 Å². The van der Waals surface area contributed by atoms with Gasteiger partial charge >= 0.3 is 0 Å². The minimum atomic E-state index is 0.0731. The number of benzene rings is 1. The third-order valence-electron chi connectivity index (χ3n) is 6.21. The molecule has 4 bridgehead atoms. The van der Waals surface area contributed by atoms with E-state index in [-0.39, 0.29) is 10.8 Å². The summed E-state index contributed by atoms with van der Waals surface area (Å²) in [5.41, 5.74) is 2.19. The molecule has 124 valence electrons. The van der Waals surface area contributed by atoms with Gasteiger partial charge in [-0.1, -0.05) is 55.9 Å². The van der Waals surface area contributed by atoms with Gasteiger partial charge in [0.25, 0.3) is 5.24 Å². The summed E-state index contributed by atoms with van der Waals surface area (Å²) in [4.78, 5) is 12.6. The second kappa shape index (κ2) is 5.27. The average Bonchev–Trinajstić information content (AvgIpc) is 2.42. The zero-order valence-electron chi connectivity index (χ0n) is 14.2. The molecule has 2 unspecified atom stereocenters. The molecule has 3 heteroatoms. The Kier molecular flexibility index (Phi) is 3.57. The summed E-state index contributed by atoms with van der Waals surface area (Å²) in [5.74, 6) is 1.58. The van der Waals surface area contributed by atoms with Crippen LogP contribution in [0.15, 0.2) is 30.3 Å². The molecule has 0 spiro atoms. The monoisotopic (exact) mass is 329 g/mol. The van der Waals surface area contributed by atoms with E-state index in [1.54, 1.807) is 0 Å². The number of hydrogen-bond donors (Lipinski definition) is 1. The van der Waals surface area contributed by atoms with Gasteiger partial charge in [0.05, 0.1) is 0 Å². The third kappa shape index (κ3) is 3.05. The molecule has 23 heavy (non-hydrogen) atoms. The van der Waals surface area contributed by atoms with Crippen LogP contribution in [0.2, 0.25) is 0 Å². The van der Waals surface area contributed by atoms with Crippen molar-refractivity contribution in [3.8, 4) is 0 Å². The Hall–Kier alpha value is -0.960. The molecule has 0 aromatic heterocycles. The molecule has 1 aromatic rings. The normalized spacial score (nSPS) is 41.0. The molecule has 4 aliphatic carbocycles. The molecule has 1 amide bonds. The first kappa shape index (κ1) is 15.6. The maximum absolute atomic E-state index is 12.6. The lowest BCUT2D eigenvalue weighted by Gasteiger charge is -2.65. The summed E-state index contributed by atoms with van der Waals surface area (Å²) in [6.45, 7) is 4.90. The van der Waals surface area contributed by atoms with E-state index >= 15 is 0 Å². The van der Waals surface area contributed by atoms with E-state index in [1.807, 2.05) is 18.2 Å². The fraction of sp³-hybridized carbons (Fsp3) is 0.650. The fourth-order valence-corrected chi connectivity index (χ4v) is 7.34. The Labute approximate surface area is 143 Å². The van der Waals surface area contributed by atoms with Crippen LogP contribution in [0.1, 0.15) is 57.9 Å². The van der Waals surface area contributed by atoms with Crippen molar-refractivity contribution in [2.24, 2.45) is 16.7 Å². The van der Waals surface area contributed by atoms with Crippen LogP contribution < -0.4 is 5.32 Å². The molecule has 2 nitrogen and oxygen atoms in total. The van der Waals surface area contributed by atoms with Gasteiger partial charge in [0, 0.05) is 11.3 Å². The van der Waals surface area contributed by atoms with Crippen LogP contribution >= 0.6 is 11.8 Å². The van der Waals surface area contributed by atoms with E-state index in [2.05, 4.69) is 31.3 Å². The lowest BCUT2D eigenvalue weighted by molar-refractivity contribution is -0.112. The second-order valence-corrected chi connectivity index (χ2v) is 10.0. The Morgan fingerprint density at radius 3 is 2.35 bits per heavy atom. The first-order valence-corrected chi connectivity index (χ1v) is 9.85. The molecule has 1 aromatic carbocycles. The lowest BCUT2D eigenvalue weighted by atomic mass is 9.43. The van der Waals surface area contributed by atoms with Crippen molar-refractivity contribution in [2.45, 2.75) is 63.7 Å². The van der Waals surface area contributed by atoms with Gasteiger partial charge in [0.2, 0.25) is 0 Å². The summed E-state index contributed by atoms with van der Waals surface area (Å²) in [6.07, 6.45) is 7.67. The molecule has 0 saturated heterocycles. The molecule has 5 rings (SSSR count). The van der Waals surface area contributed by atoms with Crippen molar-refractivity contribution < 1.29 is 4.79 Å². The van der Waals surface area contributed by atoms with Gasteiger partial charge in [-0.15, -0.1) is 0 Å². The number of thioether (sulfide) groups is 1. The zero-order valence-corrected chi connectivity index (χ0v) is 15.0. The van der Waals surface area contributed by atoms with Gasteiger partial charge in [-0.05, 0) is 60.8 Å². The topological polar surface area (TPSA) is 29.1 Å². The Morgan fingerprint density at radius 1 is 1.09 bits per heavy atom. The largest absolute Gasteiger partial charge is 0.341 e. The number of nitrogens with one attached hydrogen (secondary N) is 1. The predicted octanol–water partition coefficient (Wildman–Crippen LogP) is 5.38. The molecule has 1 N–H and O–H groups in total. The number of rotatable bonds is 3. The highest BCUT2D eigenvalue weighted by molar-refractivity contribution is 8.12. The van der Waals surface area contributed by atoms with Gasteiger partial charge in [-0.3, -0.25) is 4.79 Å². The lowest BCUT2D eigenvalue weighted by Crippen LogP contribution is -2.64. The van der Waals surface area contributed by atoms with Crippen molar-refractivity contribution >= 4 is 17.0 Å². The number of amides is 1. The highest BCUT2D eigenvalue weighted by atomic mass is 32.2. The second-order valence-electron chi connectivity index (χ2n) is 9.10. The maximum Gasteiger partial charge on any atom is 0.279 e. The first-order chi connectivity index (χ1) is 10.9. The summed E-state index contributed by atoms with van der Waals surface area (Å²) in [5, 5.41) is 3.64. The average molecular weight is 330 g/mol. The van der Waals surface area contributed by atoms with Crippen LogP contribution in [0.5, 0.6) is 0 Å². The predicted molar refractivity (Wildman–Crippen MR) is 96.4 cm³/mol. The van der Waals surface area contributed by atoms with E-state index in [1.165, 1.54) is 55.9 Å². The van der Waals surface area contributed by atoms with Crippen molar-refractivity contribution in [3.63, 3.8) is 0 Å². The summed E-state index contributed by atoms with van der Waals surface area (Å²) in [7, 11) is 0. The number of carbonyl (C=O) groups is 1. The minimum Gasteiger partial charge on any atom is -0.341 e. The Morgan fingerprint density at radius 2 is 1.74 bits per heavy atom. The highest BCUT2D eigenvalue weighted by Gasteiger charge is 2.60. The molecule has 2 atom stereocenters. The van der Waals surface area contributed by atoms with E-state index in [4.69, 9.17) is 0 Å². The standard InChI is InChI=1S/C20H27NOS/c1-18-8-16-9-19(2,12-18)14-20(10-16,13-18)21-17(22)23-11-15-6-4-3-5-7-15/h3-7,16H,8-14H2,1-2H3,(H,21,22). The fourth-order valence-electron chi connectivity index (χ4n) is 6.56. The van der Waals surface area contributed by atoms with Crippen molar-refractivity contribution in [2.75, 3.05) is 0 Å². The van der Waals surface area contributed by atoms with Crippen LogP contribution in [0.25, 0.3) is 0 Å². The van der Waals surface area contributed by atoms with Crippen LogP contribution in [0.3, 0.4) is 0 Å². The maximum atomic E-state index is 12.6. The molecule has 4 fully saturated rings. The molecular weight excluding hydrogens is 302 g/mol. The Bertz CT molecular complexity index is 595. The van der Waals surface area contributed by atoms with Crippen molar-refractivity contribution in [3.05, 3.63) is 35.9 Å². The van der Waals surface area contributed by atoms with E-state index < -0.39 is 0 Å². The molecule has 0 heterocycles. The van der Waals surface area contributed by atoms with Gasteiger partial charge in [-0.2, -0.15) is 0 Å².